The molecule has 30 heavy (non-hydrogen) atoms. The van der Waals surface area contributed by atoms with Crippen LogP contribution in [0.3, 0.4) is 0 Å². The number of hydrogen-bond acceptors (Lipinski definition) is 8. The number of nitrogens with zero attached hydrogens (tertiary/aromatic N) is 1. The van der Waals surface area contributed by atoms with E-state index in [0.29, 0.717) is 18.8 Å². The van der Waals surface area contributed by atoms with Crippen molar-refractivity contribution in [2.45, 2.75) is 58.0 Å². The third kappa shape index (κ3) is 5.27. The van der Waals surface area contributed by atoms with Crippen molar-refractivity contribution >= 4 is 17.8 Å². The molecule has 1 saturated heterocycles. The maximum Gasteiger partial charge on any atom is 0.417 e. The van der Waals surface area contributed by atoms with E-state index in [1.165, 1.54) is 19.3 Å². The summed E-state index contributed by atoms with van der Waals surface area (Å²) >= 11 is 0. The van der Waals surface area contributed by atoms with E-state index in [4.69, 9.17) is 24.1 Å². The zero-order valence-corrected chi connectivity index (χ0v) is 18.1. The third-order valence-corrected chi connectivity index (χ3v) is 4.98. The standard InChI is InChI=1S/C21H31NO8/c1-13(2)18-21(3,4)30-20(26)22(18)19(25)17(27-5)16-15(24)9-8-14(29-16)7-6-11-28-12-10-23/h7-9,13,16-18,23H,6,10-12H2,1-5H3/t16-,17+,18+/m1/s1. The number of carbonyl (C=O) groups excluding carboxylic acids is 3. The molecule has 2 amide bonds. The molecule has 3 atom stereocenters. The van der Waals surface area contributed by atoms with Gasteiger partial charge in [-0.25, -0.2) is 9.69 Å². The SMILES string of the molecule is CO[C@H](C(=O)N1C(=O)OC(C)(C)[C@@H]1C(C)C)[C@@H]1OC(=CCCOCCO)C=CC1=O. The molecular weight excluding hydrogens is 394 g/mol. The number of allylic oxidation sites excluding steroid dienone is 1. The van der Waals surface area contributed by atoms with Crippen molar-refractivity contribution < 1.29 is 38.4 Å². The number of rotatable bonds is 9. The van der Waals surface area contributed by atoms with E-state index in [1.54, 1.807) is 19.9 Å². The van der Waals surface area contributed by atoms with Crippen LogP contribution in [0.5, 0.6) is 0 Å². The average Bonchev–Trinajstić information content (AvgIpc) is 2.92. The van der Waals surface area contributed by atoms with Gasteiger partial charge in [-0.05, 0) is 44.4 Å². The predicted molar refractivity (Wildman–Crippen MR) is 106 cm³/mol. The molecule has 1 fully saturated rings. The van der Waals surface area contributed by atoms with E-state index in [2.05, 4.69) is 0 Å². The molecule has 9 nitrogen and oxygen atoms in total. The Morgan fingerprint density at radius 3 is 2.60 bits per heavy atom. The van der Waals surface area contributed by atoms with Crippen LogP contribution in [0.4, 0.5) is 4.79 Å². The van der Waals surface area contributed by atoms with Crippen LogP contribution in [0.25, 0.3) is 0 Å². The van der Waals surface area contributed by atoms with E-state index in [-0.39, 0.29) is 19.1 Å². The second kappa shape index (κ2) is 10.2. The molecule has 0 unspecified atom stereocenters. The van der Waals surface area contributed by atoms with Gasteiger partial charge in [-0.3, -0.25) is 9.59 Å². The Bertz CT molecular complexity index is 712. The van der Waals surface area contributed by atoms with Gasteiger partial charge in [0.05, 0.1) is 25.9 Å². The van der Waals surface area contributed by atoms with E-state index in [0.717, 1.165) is 4.90 Å². The minimum atomic E-state index is -1.31. The Hall–Kier alpha value is -2.23. The summed E-state index contributed by atoms with van der Waals surface area (Å²) in [5.74, 6) is -0.778. The minimum Gasteiger partial charge on any atom is -0.479 e. The zero-order chi connectivity index (χ0) is 22.5. The quantitative estimate of drug-likeness (QED) is 0.555. The van der Waals surface area contributed by atoms with Gasteiger partial charge in [-0.1, -0.05) is 13.8 Å². The van der Waals surface area contributed by atoms with Crippen molar-refractivity contribution in [2.24, 2.45) is 5.92 Å². The first-order valence-electron chi connectivity index (χ1n) is 10.00. The fourth-order valence-corrected chi connectivity index (χ4v) is 3.86. The molecule has 9 heteroatoms. The first-order chi connectivity index (χ1) is 14.1. The maximum absolute atomic E-state index is 13.3. The van der Waals surface area contributed by atoms with Crippen molar-refractivity contribution in [3.05, 3.63) is 24.0 Å². The molecule has 0 aromatic carbocycles. The van der Waals surface area contributed by atoms with Crippen molar-refractivity contribution in [3.63, 3.8) is 0 Å². The average molecular weight is 425 g/mol. The number of imide groups is 1. The number of cyclic esters (lactones) is 1. The van der Waals surface area contributed by atoms with Crippen LogP contribution in [0, 0.1) is 5.92 Å². The normalized spacial score (nSPS) is 25.6. The van der Waals surface area contributed by atoms with E-state index >= 15 is 0 Å². The highest BCUT2D eigenvalue weighted by molar-refractivity contribution is 6.03. The van der Waals surface area contributed by atoms with E-state index in [9.17, 15) is 14.4 Å². The molecule has 168 valence electrons. The lowest BCUT2D eigenvalue weighted by atomic mass is 9.88. The summed E-state index contributed by atoms with van der Waals surface area (Å²) in [5.41, 5.74) is -0.865. The molecule has 2 aliphatic heterocycles. The number of methoxy groups -OCH3 is 1. The van der Waals surface area contributed by atoms with Crippen LogP contribution in [0.2, 0.25) is 0 Å². The highest BCUT2D eigenvalue weighted by Crippen LogP contribution is 2.35. The Labute approximate surface area is 176 Å². The first kappa shape index (κ1) is 24.0. The molecule has 2 heterocycles. The predicted octanol–water partition coefficient (Wildman–Crippen LogP) is 1.59. The molecule has 0 bridgehead atoms. The van der Waals surface area contributed by atoms with Gasteiger partial charge in [0.2, 0.25) is 0 Å². The summed E-state index contributed by atoms with van der Waals surface area (Å²) < 4.78 is 21.6. The molecule has 0 radical (unpaired) electrons. The molecule has 2 aliphatic rings. The Morgan fingerprint density at radius 1 is 1.30 bits per heavy atom. The number of ether oxygens (including phenoxy) is 4. The summed E-state index contributed by atoms with van der Waals surface area (Å²) in [6.45, 7) is 7.82. The molecular formula is C21H31NO8. The number of hydrogen-bond donors (Lipinski definition) is 1. The largest absolute Gasteiger partial charge is 0.479 e. The topological polar surface area (TPSA) is 112 Å². The van der Waals surface area contributed by atoms with Gasteiger partial charge < -0.3 is 24.1 Å². The summed E-state index contributed by atoms with van der Waals surface area (Å²) in [6, 6.07) is -0.511. The van der Waals surface area contributed by atoms with Gasteiger partial charge in [0.1, 0.15) is 11.4 Å². The lowest BCUT2D eigenvalue weighted by Gasteiger charge is -2.34. The molecule has 0 saturated carbocycles. The van der Waals surface area contributed by atoms with E-state index < -0.39 is 41.6 Å². The number of ketones is 1. The van der Waals surface area contributed by atoms with Crippen molar-refractivity contribution in [1.82, 2.24) is 4.90 Å². The summed E-state index contributed by atoms with van der Waals surface area (Å²) in [6.07, 6.45) is 1.75. The molecule has 0 aromatic heterocycles. The number of aliphatic hydroxyl groups is 1. The third-order valence-electron chi connectivity index (χ3n) is 4.98. The van der Waals surface area contributed by atoms with Gasteiger partial charge >= 0.3 is 6.09 Å². The van der Waals surface area contributed by atoms with Crippen LogP contribution >= 0.6 is 0 Å². The minimum absolute atomic E-state index is 0.0612. The Morgan fingerprint density at radius 2 is 2.00 bits per heavy atom. The lowest BCUT2D eigenvalue weighted by Crippen LogP contribution is -2.55. The smallest absolute Gasteiger partial charge is 0.417 e. The monoisotopic (exact) mass is 425 g/mol. The first-order valence-corrected chi connectivity index (χ1v) is 10.00. The van der Waals surface area contributed by atoms with Crippen molar-refractivity contribution in [1.29, 1.82) is 0 Å². The molecule has 0 aromatic rings. The summed E-state index contributed by atoms with van der Waals surface area (Å²) in [7, 11) is 1.29. The Balaban J connectivity index is 2.18. The van der Waals surface area contributed by atoms with Crippen LogP contribution in [-0.2, 0) is 28.5 Å². The molecule has 0 aliphatic carbocycles. The van der Waals surface area contributed by atoms with Crippen LogP contribution in [0.1, 0.15) is 34.1 Å². The zero-order valence-electron chi connectivity index (χ0n) is 18.1. The maximum atomic E-state index is 13.3. The molecule has 1 N–H and O–H groups in total. The highest BCUT2D eigenvalue weighted by atomic mass is 16.6. The van der Waals surface area contributed by atoms with Crippen LogP contribution in [0.15, 0.2) is 24.0 Å². The fraction of sp³-hybridized carbons (Fsp3) is 0.667. The van der Waals surface area contributed by atoms with Gasteiger partial charge in [-0.2, -0.15) is 0 Å². The van der Waals surface area contributed by atoms with Gasteiger partial charge in [0.15, 0.2) is 18.0 Å². The number of aliphatic hydroxyl groups excluding tert-OH is 1. The van der Waals surface area contributed by atoms with Crippen molar-refractivity contribution in [2.75, 3.05) is 26.9 Å². The highest BCUT2D eigenvalue weighted by Gasteiger charge is 2.54. The molecule has 2 rings (SSSR count). The van der Waals surface area contributed by atoms with Crippen molar-refractivity contribution in [3.8, 4) is 0 Å². The number of amides is 2. The summed E-state index contributed by atoms with van der Waals surface area (Å²) in [5, 5.41) is 8.72. The lowest BCUT2D eigenvalue weighted by molar-refractivity contribution is -0.154. The second-order valence-electron chi connectivity index (χ2n) is 8.03. The second-order valence-corrected chi connectivity index (χ2v) is 8.03. The van der Waals surface area contributed by atoms with E-state index in [1.807, 2.05) is 13.8 Å². The fourth-order valence-electron chi connectivity index (χ4n) is 3.86. The van der Waals surface area contributed by atoms with Crippen LogP contribution < -0.4 is 0 Å². The number of carbonyl (C=O) groups is 3. The van der Waals surface area contributed by atoms with Gasteiger partial charge in [-0.15, -0.1) is 0 Å². The van der Waals surface area contributed by atoms with Gasteiger partial charge in [0, 0.05) is 7.11 Å². The van der Waals surface area contributed by atoms with Crippen LogP contribution in [-0.4, -0.2) is 78.6 Å². The molecule has 0 spiro atoms. The summed E-state index contributed by atoms with van der Waals surface area (Å²) in [4.78, 5) is 39.2. The Kier molecular flexibility index (Phi) is 8.17. The van der Waals surface area contributed by atoms with Gasteiger partial charge in [0.25, 0.3) is 5.91 Å².